The van der Waals surface area contributed by atoms with E-state index in [1.54, 1.807) is 6.92 Å². The van der Waals surface area contributed by atoms with E-state index in [1.165, 1.54) is 0 Å². The summed E-state index contributed by atoms with van der Waals surface area (Å²) in [6.07, 6.45) is 1.11. The minimum Gasteiger partial charge on any atom is -0.393 e. The smallest absolute Gasteiger partial charge is 0.153 e. The van der Waals surface area contributed by atoms with E-state index in [0.717, 1.165) is 17.2 Å². The molecule has 2 aromatic rings. The summed E-state index contributed by atoms with van der Waals surface area (Å²) in [7, 11) is 1.88. The van der Waals surface area contributed by atoms with Gasteiger partial charge in [-0.2, -0.15) is 0 Å². The summed E-state index contributed by atoms with van der Waals surface area (Å²) in [5.41, 5.74) is 1.44. The van der Waals surface area contributed by atoms with Crippen LogP contribution in [0.2, 0.25) is 0 Å². The third-order valence-electron chi connectivity index (χ3n) is 3.10. The number of hydrogen-bond acceptors (Lipinski definition) is 4. The maximum atomic E-state index is 11.2. The molecule has 1 atom stereocenters. The number of nitrogens with zero attached hydrogens (tertiary/aromatic N) is 2. The van der Waals surface area contributed by atoms with Gasteiger partial charge in [-0.3, -0.25) is 4.79 Å². The molecule has 2 rings (SSSR count). The van der Waals surface area contributed by atoms with Crippen molar-refractivity contribution in [2.24, 2.45) is 0 Å². The van der Waals surface area contributed by atoms with Crippen molar-refractivity contribution >= 4 is 23.0 Å². The van der Waals surface area contributed by atoms with Crippen LogP contribution >= 0.6 is 0 Å². The van der Waals surface area contributed by atoms with Crippen molar-refractivity contribution in [2.45, 2.75) is 19.4 Å². The average molecular weight is 258 g/mol. The molecule has 0 aliphatic rings. The highest BCUT2D eigenvalue weighted by Crippen LogP contribution is 2.21. The molecule has 1 N–H and O–H groups in total. The van der Waals surface area contributed by atoms with Crippen LogP contribution < -0.4 is 4.90 Å². The Morgan fingerprint density at radius 2 is 2.16 bits per heavy atom. The van der Waals surface area contributed by atoms with Gasteiger partial charge in [0.1, 0.15) is 5.82 Å². The monoisotopic (exact) mass is 258 g/mol. The molecular weight excluding hydrogens is 240 g/mol. The Bertz CT molecular complexity index is 581. The quantitative estimate of drug-likeness (QED) is 0.836. The number of hydrogen-bond donors (Lipinski definition) is 1. The highest BCUT2D eigenvalue weighted by Gasteiger charge is 2.11. The van der Waals surface area contributed by atoms with E-state index in [0.29, 0.717) is 24.3 Å². The molecule has 0 aliphatic heterocycles. The van der Waals surface area contributed by atoms with Crippen LogP contribution in [0.25, 0.3) is 10.9 Å². The maximum absolute atomic E-state index is 11.2. The van der Waals surface area contributed by atoms with Crippen LogP contribution in [0.15, 0.2) is 30.3 Å². The molecule has 4 nitrogen and oxygen atoms in total. The fraction of sp³-hybridized carbons (Fsp3) is 0.333. The number of fused-ring (bicyclic) bond motifs is 1. The van der Waals surface area contributed by atoms with Crippen molar-refractivity contribution in [3.8, 4) is 0 Å². The Balaban J connectivity index is 2.37. The molecule has 1 aromatic heterocycles. The molecule has 4 heteroatoms. The van der Waals surface area contributed by atoms with Gasteiger partial charge in [0.2, 0.25) is 0 Å². The molecule has 1 unspecified atom stereocenters. The van der Waals surface area contributed by atoms with Crippen molar-refractivity contribution in [1.82, 2.24) is 4.98 Å². The van der Waals surface area contributed by atoms with Gasteiger partial charge in [-0.05, 0) is 25.5 Å². The fourth-order valence-corrected chi connectivity index (χ4v) is 2.00. The first-order valence-electron chi connectivity index (χ1n) is 6.36. The fourth-order valence-electron chi connectivity index (χ4n) is 2.00. The van der Waals surface area contributed by atoms with Gasteiger partial charge in [0, 0.05) is 19.0 Å². The number of rotatable bonds is 5. The van der Waals surface area contributed by atoms with Crippen molar-refractivity contribution in [2.75, 3.05) is 18.5 Å². The van der Waals surface area contributed by atoms with Crippen molar-refractivity contribution in [3.63, 3.8) is 0 Å². The zero-order chi connectivity index (χ0) is 13.8. The molecule has 0 aliphatic carbocycles. The third kappa shape index (κ3) is 3.09. The molecule has 1 aromatic carbocycles. The number of anilines is 1. The summed E-state index contributed by atoms with van der Waals surface area (Å²) in [6.45, 7) is 2.41. The van der Waals surface area contributed by atoms with Gasteiger partial charge in [-0.1, -0.05) is 18.2 Å². The number of aldehydes is 1. The Morgan fingerprint density at radius 1 is 1.42 bits per heavy atom. The maximum Gasteiger partial charge on any atom is 0.153 e. The SMILES string of the molecule is CC(O)CCN(C)c1nc2ccccc2cc1C=O. The van der Waals surface area contributed by atoms with E-state index in [2.05, 4.69) is 4.98 Å². The number of carbonyl (C=O) groups excluding carboxylic acids is 1. The third-order valence-corrected chi connectivity index (χ3v) is 3.10. The normalized spacial score (nSPS) is 12.4. The first kappa shape index (κ1) is 13.5. The van der Waals surface area contributed by atoms with Gasteiger partial charge in [0.05, 0.1) is 17.2 Å². The molecule has 0 saturated carbocycles. The Kier molecular flexibility index (Phi) is 4.12. The van der Waals surface area contributed by atoms with E-state index >= 15 is 0 Å². The lowest BCUT2D eigenvalue weighted by Gasteiger charge is -2.21. The number of carbonyl (C=O) groups is 1. The van der Waals surface area contributed by atoms with Crippen LogP contribution in [0.4, 0.5) is 5.82 Å². The molecule has 0 radical (unpaired) electrons. The molecule has 0 spiro atoms. The minimum atomic E-state index is -0.359. The van der Waals surface area contributed by atoms with Crippen molar-refractivity contribution < 1.29 is 9.90 Å². The predicted octanol–water partition coefficient (Wildman–Crippen LogP) is 2.25. The second-order valence-electron chi connectivity index (χ2n) is 4.77. The molecule has 19 heavy (non-hydrogen) atoms. The van der Waals surface area contributed by atoms with E-state index in [-0.39, 0.29) is 6.10 Å². The summed E-state index contributed by atoms with van der Waals surface area (Å²) < 4.78 is 0. The minimum absolute atomic E-state index is 0.359. The summed E-state index contributed by atoms with van der Waals surface area (Å²) in [6, 6.07) is 9.57. The number of aromatic nitrogens is 1. The Hall–Kier alpha value is -1.94. The summed E-state index contributed by atoms with van der Waals surface area (Å²) in [4.78, 5) is 17.6. The van der Waals surface area contributed by atoms with Crippen LogP contribution in [0, 0.1) is 0 Å². The van der Waals surface area contributed by atoms with E-state index in [1.807, 2.05) is 42.3 Å². The summed E-state index contributed by atoms with van der Waals surface area (Å²) in [5.74, 6) is 0.661. The number of benzene rings is 1. The zero-order valence-electron chi connectivity index (χ0n) is 11.2. The summed E-state index contributed by atoms with van der Waals surface area (Å²) in [5, 5.41) is 10.3. The lowest BCUT2D eigenvalue weighted by atomic mass is 10.1. The van der Waals surface area contributed by atoms with Gasteiger partial charge in [0.25, 0.3) is 0 Å². The van der Waals surface area contributed by atoms with Gasteiger partial charge in [-0.25, -0.2) is 4.98 Å². The molecule has 1 heterocycles. The van der Waals surface area contributed by atoms with Crippen LogP contribution in [0.3, 0.4) is 0 Å². The molecular formula is C15H18N2O2. The molecule has 100 valence electrons. The van der Waals surface area contributed by atoms with E-state index in [4.69, 9.17) is 0 Å². The zero-order valence-corrected chi connectivity index (χ0v) is 11.2. The van der Waals surface area contributed by atoms with Crippen molar-refractivity contribution in [3.05, 3.63) is 35.9 Å². The topological polar surface area (TPSA) is 53.4 Å². The lowest BCUT2D eigenvalue weighted by molar-refractivity contribution is 0.112. The molecule has 0 fully saturated rings. The first-order chi connectivity index (χ1) is 9.11. The van der Waals surface area contributed by atoms with Gasteiger partial charge < -0.3 is 10.0 Å². The number of aliphatic hydroxyl groups is 1. The van der Waals surface area contributed by atoms with Gasteiger partial charge in [-0.15, -0.1) is 0 Å². The standard InChI is InChI=1S/C15H18N2O2/c1-11(19)7-8-17(2)15-13(10-18)9-12-5-3-4-6-14(12)16-15/h3-6,9-11,19H,7-8H2,1-2H3. The number of para-hydroxylation sites is 1. The second kappa shape index (κ2) is 5.80. The predicted molar refractivity (Wildman–Crippen MR) is 76.7 cm³/mol. The summed E-state index contributed by atoms with van der Waals surface area (Å²) >= 11 is 0. The second-order valence-corrected chi connectivity index (χ2v) is 4.77. The van der Waals surface area contributed by atoms with E-state index in [9.17, 15) is 9.90 Å². The van der Waals surface area contributed by atoms with Crippen LogP contribution in [-0.2, 0) is 0 Å². The van der Waals surface area contributed by atoms with E-state index < -0.39 is 0 Å². The highest BCUT2D eigenvalue weighted by molar-refractivity contribution is 5.91. The molecule has 0 amide bonds. The number of aliphatic hydroxyl groups excluding tert-OH is 1. The Labute approximate surface area is 112 Å². The van der Waals surface area contributed by atoms with Crippen LogP contribution in [-0.4, -0.2) is 36.1 Å². The average Bonchev–Trinajstić information content (AvgIpc) is 2.43. The molecule has 0 saturated heterocycles. The van der Waals surface area contributed by atoms with Gasteiger partial charge in [0.15, 0.2) is 6.29 Å². The number of pyridine rings is 1. The Morgan fingerprint density at radius 3 is 2.84 bits per heavy atom. The van der Waals surface area contributed by atoms with Crippen LogP contribution in [0.5, 0.6) is 0 Å². The lowest BCUT2D eigenvalue weighted by Crippen LogP contribution is -2.24. The first-order valence-corrected chi connectivity index (χ1v) is 6.36. The van der Waals surface area contributed by atoms with Gasteiger partial charge >= 0.3 is 0 Å². The van der Waals surface area contributed by atoms with Crippen molar-refractivity contribution in [1.29, 1.82) is 0 Å². The largest absolute Gasteiger partial charge is 0.393 e. The van der Waals surface area contributed by atoms with Crippen LogP contribution in [0.1, 0.15) is 23.7 Å². The molecule has 0 bridgehead atoms. The highest BCUT2D eigenvalue weighted by atomic mass is 16.3.